The van der Waals surface area contributed by atoms with Crippen LogP contribution < -0.4 is 0 Å². The molecule has 5 nitrogen and oxygen atoms in total. The second-order valence-corrected chi connectivity index (χ2v) is 6.84. The van der Waals surface area contributed by atoms with Crippen LogP contribution in [-0.2, 0) is 9.47 Å². The maximum atomic E-state index is 12.8. The molecular formula is C22H18Cl2O5. The van der Waals surface area contributed by atoms with Crippen LogP contribution in [0.5, 0.6) is 0 Å². The molecule has 0 aliphatic heterocycles. The average molecular weight is 433 g/mol. The molecule has 150 valence electrons. The van der Waals surface area contributed by atoms with Crippen LogP contribution in [0.2, 0.25) is 10.0 Å². The summed E-state index contributed by atoms with van der Waals surface area (Å²) in [6.45, 7) is 3.65. The first-order valence-electron chi connectivity index (χ1n) is 8.99. The van der Waals surface area contributed by atoms with Crippen LogP contribution in [0.25, 0.3) is 22.6 Å². The minimum absolute atomic E-state index is 0.0116. The number of ether oxygens (including phenoxy) is 2. The molecule has 3 rings (SSSR count). The van der Waals surface area contributed by atoms with Crippen LogP contribution >= 0.6 is 23.2 Å². The van der Waals surface area contributed by atoms with Gasteiger partial charge >= 0.3 is 11.9 Å². The molecule has 29 heavy (non-hydrogen) atoms. The lowest BCUT2D eigenvalue weighted by Gasteiger charge is -2.06. The minimum atomic E-state index is -0.676. The van der Waals surface area contributed by atoms with E-state index in [1.165, 1.54) is 0 Å². The van der Waals surface area contributed by atoms with Crippen molar-refractivity contribution in [1.82, 2.24) is 0 Å². The molecule has 0 saturated carbocycles. The Labute approximate surface area is 178 Å². The average Bonchev–Trinajstić information content (AvgIpc) is 3.10. The third-order valence-electron chi connectivity index (χ3n) is 4.08. The first kappa shape index (κ1) is 21.0. The van der Waals surface area contributed by atoms with Crippen molar-refractivity contribution in [2.24, 2.45) is 0 Å². The molecule has 0 aliphatic carbocycles. The van der Waals surface area contributed by atoms with E-state index in [2.05, 4.69) is 0 Å². The number of rotatable bonds is 6. The number of hydrogen-bond acceptors (Lipinski definition) is 5. The summed E-state index contributed by atoms with van der Waals surface area (Å²) in [7, 11) is 0. The molecule has 2 aromatic carbocycles. The van der Waals surface area contributed by atoms with Crippen molar-refractivity contribution in [3.63, 3.8) is 0 Å². The summed E-state index contributed by atoms with van der Waals surface area (Å²) in [4.78, 5) is 25.6. The van der Waals surface area contributed by atoms with Crippen molar-refractivity contribution in [2.75, 3.05) is 13.2 Å². The van der Waals surface area contributed by atoms with E-state index < -0.39 is 11.9 Å². The Morgan fingerprint density at radius 1 is 0.724 bits per heavy atom. The number of esters is 2. The van der Waals surface area contributed by atoms with Crippen molar-refractivity contribution >= 4 is 35.1 Å². The minimum Gasteiger partial charge on any atom is -0.462 e. The maximum absolute atomic E-state index is 12.8. The second kappa shape index (κ2) is 9.16. The zero-order valence-electron chi connectivity index (χ0n) is 15.8. The predicted molar refractivity (Wildman–Crippen MR) is 112 cm³/mol. The lowest BCUT2D eigenvalue weighted by Crippen LogP contribution is -2.13. The summed E-state index contributed by atoms with van der Waals surface area (Å²) in [5.74, 6) is -0.949. The van der Waals surface area contributed by atoms with E-state index in [-0.39, 0.29) is 35.9 Å². The zero-order valence-corrected chi connectivity index (χ0v) is 17.3. The summed E-state index contributed by atoms with van der Waals surface area (Å²) >= 11 is 12.0. The maximum Gasteiger partial charge on any atom is 0.342 e. The number of furan rings is 1. The van der Waals surface area contributed by atoms with E-state index in [0.29, 0.717) is 21.2 Å². The summed E-state index contributed by atoms with van der Waals surface area (Å²) in [6.07, 6.45) is 0. The molecule has 1 aromatic heterocycles. The van der Waals surface area contributed by atoms with Crippen molar-refractivity contribution in [3.05, 3.63) is 69.7 Å². The highest BCUT2D eigenvalue weighted by Gasteiger charge is 2.33. The van der Waals surface area contributed by atoms with Gasteiger partial charge in [-0.3, -0.25) is 0 Å². The molecule has 1 heterocycles. The fourth-order valence-electron chi connectivity index (χ4n) is 2.84. The summed E-state index contributed by atoms with van der Waals surface area (Å²) in [5.41, 5.74) is 1.17. The third-order valence-corrected chi connectivity index (χ3v) is 4.58. The van der Waals surface area contributed by atoms with Gasteiger partial charge in [0.05, 0.1) is 13.2 Å². The largest absolute Gasteiger partial charge is 0.462 e. The molecule has 0 spiro atoms. The highest BCUT2D eigenvalue weighted by Crippen LogP contribution is 2.39. The topological polar surface area (TPSA) is 65.7 Å². The van der Waals surface area contributed by atoms with Crippen molar-refractivity contribution in [3.8, 4) is 22.6 Å². The van der Waals surface area contributed by atoms with E-state index in [1.807, 2.05) is 0 Å². The highest BCUT2D eigenvalue weighted by molar-refractivity contribution is 6.31. The Bertz CT molecular complexity index is 939. The molecule has 7 heteroatoms. The molecule has 0 atom stereocenters. The first-order chi connectivity index (χ1) is 14.0. The monoisotopic (exact) mass is 432 g/mol. The van der Waals surface area contributed by atoms with Gasteiger partial charge in [0.15, 0.2) is 0 Å². The molecule has 0 N–H and O–H groups in total. The van der Waals surface area contributed by atoms with E-state index in [9.17, 15) is 9.59 Å². The Kier molecular flexibility index (Phi) is 6.62. The lowest BCUT2D eigenvalue weighted by atomic mass is 10.0. The van der Waals surface area contributed by atoms with Crippen LogP contribution in [-0.4, -0.2) is 25.2 Å². The lowest BCUT2D eigenvalue weighted by molar-refractivity contribution is 0.0481. The van der Waals surface area contributed by atoms with Gasteiger partial charge in [-0.15, -0.1) is 0 Å². The number of carbonyl (C=O) groups excluding carboxylic acids is 2. The fourth-order valence-corrected chi connectivity index (χ4v) is 3.09. The van der Waals surface area contributed by atoms with Gasteiger partial charge in [0.1, 0.15) is 22.6 Å². The number of hydrogen-bond donors (Lipinski definition) is 0. The molecular weight excluding hydrogens is 415 g/mol. The number of carbonyl (C=O) groups is 2. The van der Waals surface area contributed by atoms with Gasteiger partial charge in [-0.25, -0.2) is 9.59 Å². The third kappa shape index (κ3) is 4.47. The standard InChI is InChI=1S/C22H18Cl2O5/c1-3-27-21(25)17-18(22(26)28-4-2)20(14-7-11-16(24)12-8-14)29-19(17)13-5-9-15(23)10-6-13/h5-12H,3-4H2,1-2H3. The second-order valence-electron chi connectivity index (χ2n) is 5.97. The van der Waals surface area contributed by atoms with Gasteiger partial charge in [0.2, 0.25) is 0 Å². The smallest absolute Gasteiger partial charge is 0.342 e. The Balaban J connectivity index is 2.30. The van der Waals surface area contributed by atoms with E-state index >= 15 is 0 Å². The van der Waals surface area contributed by atoms with Gasteiger partial charge in [-0.05, 0) is 62.4 Å². The quantitative estimate of drug-likeness (QED) is 0.429. The highest BCUT2D eigenvalue weighted by atomic mass is 35.5. The van der Waals surface area contributed by atoms with E-state index in [1.54, 1.807) is 62.4 Å². The first-order valence-corrected chi connectivity index (χ1v) is 9.74. The van der Waals surface area contributed by atoms with Crippen LogP contribution in [0.1, 0.15) is 34.6 Å². The molecule has 0 saturated heterocycles. The molecule has 0 aliphatic rings. The Morgan fingerprint density at radius 2 is 1.07 bits per heavy atom. The molecule has 0 bridgehead atoms. The number of halogens is 2. The van der Waals surface area contributed by atoms with E-state index in [4.69, 9.17) is 37.1 Å². The molecule has 0 unspecified atom stereocenters. The molecule has 3 aromatic rings. The molecule has 0 radical (unpaired) electrons. The predicted octanol–water partition coefficient (Wildman–Crippen LogP) is 6.27. The normalized spacial score (nSPS) is 10.6. The van der Waals surface area contributed by atoms with Crippen LogP contribution in [0, 0.1) is 0 Å². The Morgan fingerprint density at radius 3 is 1.38 bits per heavy atom. The van der Waals surface area contributed by atoms with Gasteiger partial charge in [0.25, 0.3) is 0 Å². The van der Waals surface area contributed by atoms with Crippen LogP contribution in [0.15, 0.2) is 52.9 Å². The molecule has 0 amide bonds. The SMILES string of the molecule is CCOC(=O)c1c(-c2ccc(Cl)cc2)oc(-c2ccc(Cl)cc2)c1C(=O)OCC. The van der Waals surface area contributed by atoms with Crippen molar-refractivity contribution in [1.29, 1.82) is 0 Å². The van der Waals surface area contributed by atoms with Gasteiger partial charge in [0, 0.05) is 21.2 Å². The summed E-state index contributed by atoms with van der Waals surface area (Å²) < 4.78 is 16.4. The summed E-state index contributed by atoms with van der Waals surface area (Å²) in [6, 6.07) is 13.5. The van der Waals surface area contributed by atoms with Crippen LogP contribution in [0.3, 0.4) is 0 Å². The van der Waals surface area contributed by atoms with E-state index in [0.717, 1.165) is 0 Å². The molecule has 0 fully saturated rings. The Hall–Kier alpha value is -2.76. The summed E-state index contributed by atoms with van der Waals surface area (Å²) in [5, 5.41) is 1.06. The van der Waals surface area contributed by atoms with Crippen molar-refractivity contribution < 1.29 is 23.5 Å². The van der Waals surface area contributed by atoms with Gasteiger partial charge in [-0.1, -0.05) is 23.2 Å². The zero-order chi connectivity index (χ0) is 21.0. The van der Waals surface area contributed by atoms with Gasteiger partial charge < -0.3 is 13.9 Å². The van der Waals surface area contributed by atoms with Crippen molar-refractivity contribution in [2.45, 2.75) is 13.8 Å². The van der Waals surface area contributed by atoms with Crippen LogP contribution in [0.4, 0.5) is 0 Å². The van der Waals surface area contributed by atoms with Gasteiger partial charge in [-0.2, -0.15) is 0 Å². The number of benzene rings is 2. The fraction of sp³-hybridized carbons (Fsp3) is 0.182.